The number of carbonyl (C=O) groups is 1. The molecular weight excluding hydrogens is 590 g/mol. The largest absolute Gasteiger partial charge is 0.444 e. The second-order valence-electron chi connectivity index (χ2n) is 13.3. The van der Waals surface area contributed by atoms with E-state index in [2.05, 4.69) is 45.8 Å². The summed E-state index contributed by atoms with van der Waals surface area (Å²) >= 11 is 1.49. The lowest BCUT2D eigenvalue weighted by molar-refractivity contribution is 0.0240. The molecule has 0 radical (unpaired) electrons. The van der Waals surface area contributed by atoms with Crippen molar-refractivity contribution in [3.05, 3.63) is 34.0 Å². The molecule has 5 heterocycles. The Morgan fingerprint density at radius 2 is 1.82 bits per heavy atom. The molecule has 12 nitrogen and oxygen atoms in total. The number of hydrogen-bond donors (Lipinski definition) is 1. The van der Waals surface area contributed by atoms with Crippen LogP contribution in [0.5, 0.6) is 0 Å². The molecular formula is C32H43N9O3S. The van der Waals surface area contributed by atoms with Gasteiger partial charge in [-0.15, -0.1) is 11.3 Å². The third-order valence-electron chi connectivity index (χ3n) is 9.12. The number of nitriles is 1. The van der Waals surface area contributed by atoms with Crippen LogP contribution in [0.1, 0.15) is 69.4 Å². The number of aromatic nitrogens is 3. The highest BCUT2D eigenvalue weighted by molar-refractivity contribution is 7.16. The summed E-state index contributed by atoms with van der Waals surface area (Å²) in [6.45, 7) is 17.1. The van der Waals surface area contributed by atoms with Crippen LogP contribution in [0.25, 0.3) is 11.5 Å². The molecule has 1 aliphatic carbocycles. The van der Waals surface area contributed by atoms with Crippen LogP contribution >= 0.6 is 11.3 Å². The maximum atomic E-state index is 12.7. The van der Waals surface area contributed by atoms with Gasteiger partial charge in [-0.25, -0.2) is 9.78 Å². The first kappa shape index (κ1) is 31.1. The van der Waals surface area contributed by atoms with Crippen LogP contribution in [0, 0.1) is 11.3 Å². The summed E-state index contributed by atoms with van der Waals surface area (Å²) in [5, 5.41) is 14.9. The summed E-state index contributed by atoms with van der Waals surface area (Å²) in [4.78, 5) is 32.6. The molecule has 2 saturated heterocycles. The van der Waals surface area contributed by atoms with Gasteiger partial charge in [0, 0.05) is 74.6 Å². The van der Waals surface area contributed by atoms with Crippen LogP contribution in [0.2, 0.25) is 0 Å². The molecule has 2 aliphatic heterocycles. The Morgan fingerprint density at radius 3 is 2.49 bits per heavy atom. The Kier molecular flexibility index (Phi) is 8.39. The van der Waals surface area contributed by atoms with Gasteiger partial charge in [0.1, 0.15) is 28.2 Å². The predicted octanol–water partition coefficient (Wildman–Crippen LogP) is 4.49. The number of nitrogens with zero attached hydrogens (tertiary/aromatic N) is 8. The monoisotopic (exact) mass is 633 g/mol. The van der Waals surface area contributed by atoms with Gasteiger partial charge in [0.05, 0.1) is 11.0 Å². The number of carbonyl (C=O) groups excluding carboxylic acids is 1. The van der Waals surface area contributed by atoms with Crippen molar-refractivity contribution in [2.75, 3.05) is 74.4 Å². The second kappa shape index (κ2) is 12.1. The zero-order chi connectivity index (χ0) is 31.9. The van der Waals surface area contributed by atoms with Crippen molar-refractivity contribution < 1.29 is 14.1 Å². The first-order chi connectivity index (χ1) is 21.5. The number of hydrogen-bond acceptors (Lipinski definition) is 12. The molecule has 1 amide bonds. The van der Waals surface area contributed by atoms with Crippen molar-refractivity contribution in [2.24, 2.45) is 0 Å². The predicted molar refractivity (Wildman–Crippen MR) is 175 cm³/mol. The number of aryl methyl sites for hydroxylation is 1. The highest BCUT2D eigenvalue weighted by Gasteiger charge is 2.43. The van der Waals surface area contributed by atoms with Gasteiger partial charge in [-0.3, -0.25) is 0 Å². The van der Waals surface area contributed by atoms with Crippen LogP contribution in [-0.4, -0.2) is 95.5 Å². The Balaban J connectivity index is 1.31. The number of likely N-dealkylation sites (N-methyl/N-ethyl adjacent to an activating group) is 1. The minimum absolute atomic E-state index is 0.280. The number of pyridine rings is 1. The fourth-order valence-corrected chi connectivity index (χ4v) is 7.78. The number of nitrogens with two attached hydrogens (primary N) is 1. The van der Waals surface area contributed by atoms with Gasteiger partial charge in [0.15, 0.2) is 0 Å². The fraction of sp³-hybridized carbons (Fsp3) is 0.594. The van der Waals surface area contributed by atoms with E-state index >= 15 is 0 Å². The minimum Gasteiger partial charge on any atom is -0.444 e. The Bertz CT molecular complexity index is 1590. The van der Waals surface area contributed by atoms with Crippen molar-refractivity contribution in [3.8, 4) is 17.6 Å². The van der Waals surface area contributed by atoms with Crippen molar-refractivity contribution in [1.82, 2.24) is 24.9 Å². The van der Waals surface area contributed by atoms with E-state index in [1.165, 1.54) is 11.3 Å². The van der Waals surface area contributed by atoms with E-state index in [4.69, 9.17) is 25.0 Å². The zero-order valence-electron chi connectivity index (χ0n) is 26.9. The lowest BCUT2D eigenvalue weighted by Crippen LogP contribution is -2.50. The number of amides is 1. The molecule has 3 aliphatic rings. The minimum atomic E-state index is -0.604. The molecule has 45 heavy (non-hydrogen) atoms. The number of ether oxygens (including phenoxy) is 1. The van der Waals surface area contributed by atoms with Crippen LogP contribution in [0.15, 0.2) is 16.7 Å². The Morgan fingerprint density at radius 1 is 1.11 bits per heavy atom. The van der Waals surface area contributed by atoms with E-state index in [1.54, 1.807) is 4.90 Å². The molecule has 0 spiro atoms. The van der Waals surface area contributed by atoms with Gasteiger partial charge >= 0.3 is 6.09 Å². The maximum absolute atomic E-state index is 12.7. The van der Waals surface area contributed by atoms with E-state index in [9.17, 15) is 10.1 Å². The van der Waals surface area contributed by atoms with Gasteiger partial charge < -0.3 is 34.6 Å². The summed E-state index contributed by atoms with van der Waals surface area (Å²) in [7, 11) is 0. The summed E-state index contributed by atoms with van der Waals surface area (Å²) in [6, 6.07) is 6.47. The third kappa shape index (κ3) is 6.18. The average Bonchev–Trinajstić information content (AvgIpc) is 3.66. The number of fused-ring (bicyclic) bond motifs is 1. The number of nitrogen functional groups attached to an aromatic ring is 1. The molecule has 0 bridgehead atoms. The molecule has 1 atom stereocenters. The van der Waals surface area contributed by atoms with E-state index in [0.29, 0.717) is 54.2 Å². The molecule has 2 fully saturated rings. The van der Waals surface area contributed by atoms with Crippen molar-refractivity contribution in [2.45, 2.75) is 64.9 Å². The first-order valence-corrected chi connectivity index (χ1v) is 16.7. The smallest absolute Gasteiger partial charge is 0.410 e. The zero-order valence-corrected chi connectivity index (χ0v) is 27.7. The normalized spacial score (nSPS) is 21.0. The highest BCUT2D eigenvalue weighted by Crippen LogP contribution is 2.48. The molecule has 0 saturated carbocycles. The van der Waals surface area contributed by atoms with Crippen molar-refractivity contribution >= 4 is 33.9 Å². The lowest BCUT2D eigenvalue weighted by atomic mass is 9.72. The van der Waals surface area contributed by atoms with E-state index in [0.717, 1.165) is 73.9 Å². The van der Waals surface area contributed by atoms with Gasteiger partial charge in [-0.2, -0.15) is 10.2 Å². The fourth-order valence-electron chi connectivity index (χ4n) is 6.59. The van der Waals surface area contributed by atoms with Crippen LogP contribution < -0.4 is 15.5 Å². The first-order valence-electron chi connectivity index (χ1n) is 15.9. The van der Waals surface area contributed by atoms with Crippen LogP contribution in [0.3, 0.4) is 0 Å². The third-order valence-corrected chi connectivity index (χ3v) is 10.2. The number of anilines is 3. The molecule has 3 aromatic heterocycles. The summed E-state index contributed by atoms with van der Waals surface area (Å²) in [5.41, 5.74) is 8.20. The van der Waals surface area contributed by atoms with Crippen molar-refractivity contribution in [1.29, 1.82) is 5.26 Å². The van der Waals surface area contributed by atoms with Gasteiger partial charge in [-0.05, 0) is 59.6 Å². The Hall–Kier alpha value is -3.89. The Labute approximate surface area is 268 Å². The SMILES string of the molecule is CCN1CCN(c2cc(N3CCN(C(=O)OC(C)(C)C)CC3)cc(-c3noc(C4(C)CCCc5sc(N)c(C#N)c54)n3)n2)CC1. The van der Waals surface area contributed by atoms with Crippen molar-refractivity contribution in [3.63, 3.8) is 0 Å². The maximum Gasteiger partial charge on any atom is 0.410 e. The summed E-state index contributed by atoms with van der Waals surface area (Å²) in [5.74, 6) is 1.77. The standard InChI is InChI=1S/C32H43N9O3S/c1-6-38-10-12-40(13-11-38)25-19-21(39-14-16-41(17-15-39)30(42)43-31(2,3)4)18-23(35-25)28-36-29(44-37-28)32(5)9-7-8-24-26(32)22(20-33)27(34)45-24/h18-19H,6-17,34H2,1-5H3. The average molecular weight is 634 g/mol. The van der Waals surface area contributed by atoms with Gasteiger partial charge in [0.25, 0.3) is 0 Å². The van der Waals surface area contributed by atoms with E-state index < -0.39 is 11.0 Å². The molecule has 3 aromatic rings. The topological polar surface area (TPSA) is 141 Å². The summed E-state index contributed by atoms with van der Waals surface area (Å²) in [6.07, 6.45) is 2.34. The molecule has 240 valence electrons. The number of rotatable bonds is 5. The van der Waals surface area contributed by atoms with Gasteiger partial charge in [0.2, 0.25) is 11.7 Å². The molecule has 6 rings (SSSR count). The van der Waals surface area contributed by atoms with Gasteiger partial charge in [-0.1, -0.05) is 12.1 Å². The lowest BCUT2D eigenvalue weighted by Gasteiger charge is -2.38. The number of thiophene rings is 1. The quantitative estimate of drug-likeness (QED) is 0.425. The summed E-state index contributed by atoms with van der Waals surface area (Å²) < 4.78 is 11.6. The number of piperazine rings is 2. The van der Waals surface area contributed by atoms with E-state index in [-0.39, 0.29) is 6.09 Å². The second-order valence-corrected chi connectivity index (χ2v) is 14.4. The molecule has 0 aromatic carbocycles. The van der Waals surface area contributed by atoms with Crippen LogP contribution in [-0.2, 0) is 16.6 Å². The van der Waals surface area contributed by atoms with E-state index in [1.807, 2.05) is 26.8 Å². The molecule has 1 unspecified atom stereocenters. The molecule has 13 heteroatoms. The van der Waals surface area contributed by atoms with Crippen LogP contribution in [0.4, 0.5) is 21.3 Å². The molecule has 2 N–H and O–H groups in total. The highest BCUT2D eigenvalue weighted by atomic mass is 32.1.